The van der Waals surface area contributed by atoms with Crippen molar-refractivity contribution in [1.29, 1.82) is 0 Å². The van der Waals surface area contributed by atoms with E-state index in [1.54, 1.807) is 14.2 Å². The Bertz CT molecular complexity index is 356. The SMILES string of the molecule is COc1cc(CN2CC[C@H](C)C2)cc(OC)c1. The molecule has 17 heavy (non-hydrogen) atoms. The average molecular weight is 235 g/mol. The quantitative estimate of drug-likeness (QED) is 0.800. The van der Waals surface area contributed by atoms with Gasteiger partial charge in [-0.15, -0.1) is 0 Å². The molecule has 1 fully saturated rings. The number of rotatable bonds is 4. The van der Waals surface area contributed by atoms with Crippen molar-refractivity contribution in [2.75, 3.05) is 27.3 Å². The van der Waals surface area contributed by atoms with Gasteiger partial charge in [0.2, 0.25) is 0 Å². The highest BCUT2D eigenvalue weighted by molar-refractivity contribution is 5.38. The second-order valence-corrected chi connectivity index (χ2v) is 4.85. The third-order valence-corrected chi connectivity index (χ3v) is 3.33. The first kappa shape index (κ1) is 12.2. The summed E-state index contributed by atoms with van der Waals surface area (Å²) in [5, 5.41) is 0. The van der Waals surface area contributed by atoms with E-state index < -0.39 is 0 Å². The summed E-state index contributed by atoms with van der Waals surface area (Å²) in [4.78, 5) is 2.48. The molecule has 0 unspecified atom stereocenters. The average Bonchev–Trinajstić information content (AvgIpc) is 2.74. The Morgan fingerprint density at radius 1 is 1.18 bits per heavy atom. The van der Waals surface area contributed by atoms with Crippen molar-refractivity contribution in [3.8, 4) is 11.5 Å². The van der Waals surface area contributed by atoms with E-state index >= 15 is 0 Å². The molecule has 0 aromatic heterocycles. The van der Waals surface area contributed by atoms with Gasteiger partial charge in [-0.1, -0.05) is 6.92 Å². The van der Waals surface area contributed by atoms with Gasteiger partial charge in [-0.2, -0.15) is 0 Å². The van der Waals surface area contributed by atoms with Crippen LogP contribution < -0.4 is 9.47 Å². The molecule has 1 saturated heterocycles. The normalized spacial score (nSPS) is 20.5. The van der Waals surface area contributed by atoms with E-state index in [1.807, 2.05) is 6.07 Å². The third-order valence-electron chi connectivity index (χ3n) is 3.33. The summed E-state index contributed by atoms with van der Waals surface area (Å²) in [7, 11) is 3.38. The zero-order valence-electron chi connectivity index (χ0n) is 10.9. The van der Waals surface area contributed by atoms with Crippen molar-refractivity contribution in [1.82, 2.24) is 4.90 Å². The zero-order chi connectivity index (χ0) is 12.3. The maximum Gasteiger partial charge on any atom is 0.122 e. The van der Waals surface area contributed by atoms with Gasteiger partial charge in [0.05, 0.1) is 14.2 Å². The minimum atomic E-state index is 0.822. The molecule has 0 spiro atoms. The second-order valence-electron chi connectivity index (χ2n) is 4.85. The van der Waals surface area contributed by atoms with Crippen LogP contribution in [-0.2, 0) is 6.54 Å². The van der Waals surface area contributed by atoms with Gasteiger partial charge in [0.25, 0.3) is 0 Å². The number of hydrogen-bond donors (Lipinski definition) is 0. The molecule has 1 heterocycles. The third kappa shape index (κ3) is 3.13. The summed E-state index contributed by atoms with van der Waals surface area (Å²) in [5.41, 5.74) is 1.26. The molecular weight excluding hydrogens is 214 g/mol. The Morgan fingerprint density at radius 2 is 1.82 bits per heavy atom. The van der Waals surface area contributed by atoms with E-state index in [4.69, 9.17) is 9.47 Å². The summed E-state index contributed by atoms with van der Waals surface area (Å²) >= 11 is 0. The van der Waals surface area contributed by atoms with Crippen LogP contribution in [0.1, 0.15) is 18.9 Å². The second kappa shape index (κ2) is 5.41. The van der Waals surface area contributed by atoms with Crippen LogP contribution in [0.3, 0.4) is 0 Å². The molecule has 0 N–H and O–H groups in total. The van der Waals surface area contributed by atoms with E-state index in [9.17, 15) is 0 Å². The minimum Gasteiger partial charge on any atom is -0.497 e. The van der Waals surface area contributed by atoms with Gasteiger partial charge in [0.15, 0.2) is 0 Å². The van der Waals surface area contributed by atoms with Crippen LogP contribution in [0.4, 0.5) is 0 Å². The van der Waals surface area contributed by atoms with E-state index in [0.717, 1.165) is 24.0 Å². The molecule has 0 saturated carbocycles. The fourth-order valence-corrected chi connectivity index (χ4v) is 2.39. The monoisotopic (exact) mass is 235 g/mol. The van der Waals surface area contributed by atoms with Gasteiger partial charge < -0.3 is 9.47 Å². The summed E-state index contributed by atoms with van der Waals surface area (Å²) in [6, 6.07) is 6.09. The first-order valence-electron chi connectivity index (χ1n) is 6.15. The van der Waals surface area contributed by atoms with Crippen LogP contribution in [0.25, 0.3) is 0 Å². The van der Waals surface area contributed by atoms with Crippen LogP contribution in [0.15, 0.2) is 18.2 Å². The van der Waals surface area contributed by atoms with Crippen molar-refractivity contribution in [3.05, 3.63) is 23.8 Å². The fraction of sp³-hybridized carbons (Fsp3) is 0.571. The molecule has 0 amide bonds. The largest absolute Gasteiger partial charge is 0.497 e. The lowest BCUT2D eigenvalue weighted by atomic mass is 10.1. The van der Waals surface area contributed by atoms with Crippen molar-refractivity contribution < 1.29 is 9.47 Å². The van der Waals surface area contributed by atoms with E-state index in [1.165, 1.54) is 25.1 Å². The molecule has 0 bridgehead atoms. The molecule has 1 aliphatic heterocycles. The molecule has 0 radical (unpaired) electrons. The number of benzene rings is 1. The molecule has 1 aromatic carbocycles. The van der Waals surface area contributed by atoms with Crippen LogP contribution in [0, 0.1) is 5.92 Å². The lowest BCUT2D eigenvalue weighted by Crippen LogP contribution is -2.19. The highest BCUT2D eigenvalue weighted by Crippen LogP contribution is 2.25. The van der Waals surface area contributed by atoms with Gasteiger partial charge in [-0.05, 0) is 36.6 Å². The van der Waals surface area contributed by atoms with Crippen LogP contribution in [0.2, 0.25) is 0 Å². The molecule has 1 aromatic rings. The number of likely N-dealkylation sites (tertiary alicyclic amines) is 1. The molecule has 2 rings (SSSR count). The molecular formula is C14H21NO2. The van der Waals surface area contributed by atoms with E-state index in [-0.39, 0.29) is 0 Å². The molecule has 3 nitrogen and oxygen atoms in total. The van der Waals surface area contributed by atoms with Gasteiger partial charge in [0.1, 0.15) is 11.5 Å². The highest BCUT2D eigenvalue weighted by atomic mass is 16.5. The summed E-state index contributed by atoms with van der Waals surface area (Å²) in [6.07, 6.45) is 1.31. The summed E-state index contributed by atoms with van der Waals surface area (Å²) in [5.74, 6) is 2.56. The Labute approximate surface area is 103 Å². The maximum absolute atomic E-state index is 5.28. The number of nitrogens with zero attached hydrogens (tertiary/aromatic N) is 1. The molecule has 0 aliphatic carbocycles. The fourth-order valence-electron chi connectivity index (χ4n) is 2.39. The van der Waals surface area contributed by atoms with Gasteiger partial charge >= 0.3 is 0 Å². The molecule has 94 valence electrons. The van der Waals surface area contributed by atoms with Crippen molar-refractivity contribution in [3.63, 3.8) is 0 Å². The van der Waals surface area contributed by atoms with Gasteiger partial charge in [0, 0.05) is 19.2 Å². The van der Waals surface area contributed by atoms with Crippen LogP contribution >= 0.6 is 0 Å². The lowest BCUT2D eigenvalue weighted by molar-refractivity contribution is 0.318. The number of hydrogen-bond acceptors (Lipinski definition) is 3. The molecule has 1 atom stereocenters. The first-order chi connectivity index (χ1) is 8.21. The Balaban J connectivity index is 2.09. The van der Waals surface area contributed by atoms with Gasteiger partial charge in [-0.3, -0.25) is 4.90 Å². The Kier molecular flexibility index (Phi) is 3.89. The lowest BCUT2D eigenvalue weighted by Gasteiger charge is -2.16. The smallest absolute Gasteiger partial charge is 0.122 e. The topological polar surface area (TPSA) is 21.7 Å². The maximum atomic E-state index is 5.28. The van der Waals surface area contributed by atoms with Crippen molar-refractivity contribution >= 4 is 0 Å². The summed E-state index contributed by atoms with van der Waals surface area (Å²) < 4.78 is 10.6. The van der Waals surface area contributed by atoms with Crippen LogP contribution in [0.5, 0.6) is 11.5 Å². The molecule has 3 heteroatoms. The van der Waals surface area contributed by atoms with Gasteiger partial charge in [-0.25, -0.2) is 0 Å². The summed E-state index contributed by atoms with van der Waals surface area (Å²) in [6.45, 7) is 5.68. The van der Waals surface area contributed by atoms with Crippen LogP contribution in [-0.4, -0.2) is 32.2 Å². The minimum absolute atomic E-state index is 0.822. The zero-order valence-corrected chi connectivity index (χ0v) is 10.9. The number of ether oxygens (including phenoxy) is 2. The van der Waals surface area contributed by atoms with Crippen molar-refractivity contribution in [2.45, 2.75) is 19.9 Å². The predicted molar refractivity (Wildman–Crippen MR) is 68.6 cm³/mol. The Morgan fingerprint density at radius 3 is 2.29 bits per heavy atom. The number of methoxy groups -OCH3 is 2. The first-order valence-corrected chi connectivity index (χ1v) is 6.15. The predicted octanol–water partition coefficient (Wildman–Crippen LogP) is 2.55. The highest BCUT2D eigenvalue weighted by Gasteiger charge is 2.18. The standard InChI is InChI=1S/C14H21NO2/c1-11-4-5-15(9-11)10-12-6-13(16-2)8-14(7-12)17-3/h6-8,11H,4-5,9-10H2,1-3H3/t11-/m0/s1. The Hall–Kier alpha value is -1.22. The van der Waals surface area contributed by atoms with Crippen molar-refractivity contribution in [2.24, 2.45) is 5.92 Å². The van der Waals surface area contributed by atoms with E-state index in [2.05, 4.69) is 24.0 Å². The van der Waals surface area contributed by atoms with E-state index in [0.29, 0.717) is 0 Å². The molecule has 1 aliphatic rings.